The van der Waals surface area contributed by atoms with E-state index >= 15 is 0 Å². The molecule has 0 spiro atoms. The first-order valence-corrected chi connectivity index (χ1v) is 11.6. The van der Waals surface area contributed by atoms with Gasteiger partial charge in [-0.05, 0) is 48.0 Å². The standard InChI is InChI=1S/C25H23ClN2O4S/c1-31-20-11-10-16(12-21(20)32-2)23-14-25(30)28(19-8-3-4-9-22(19)33-23)15-24(29)27-18-7-5-6-17(26)13-18/h3-13,23H,14-15H2,1-2H3,(H,27,29)/t23-/m0/s1. The Kier molecular flexibility index (Phi) is 7.11. The molecule has 0 aromatic heterocycles. The Morgan fingerprint density at radius 3 is 2.61 bits per heavy atom. The Labute approximate surface area is 201 Å². The molecule has 0 fully saturated rings. The van der Waals surface area contributed by atoms with Gasteiger partial charge in [0.1, 0.15) is 6.54 Å². The molecule has 3 aromatic rings. The minimum atomic E-state index is -0.296. The van der Waals surface area contributed by atoms with Crippen LogP contribution in [0.5, 0.6) is 11.5 Å². The lowest BCUT2D eigenvalue weighted by molar-refractivity contribution is -0.121. The molecule has 4 rings (SSSR count). The molecule has 1 atom stereocenters. The van der Waals surface area contributed by atoms with Gasteiger partial charge in [-0.25, -0.2) is 0 Å². The maximum atomic E-state index is 13.3. The second-order valence-corrected chi connectivity index (χ2v) is 9.11. The van der Waals surface area contributed by atoms with Gasteiger partial charge in [-0.1, -0.05) is 35.9 Å². The Morgan fingerprint density at radius 2 is 1.85 bits per heavy atom. The van der Waals surface area contributed by atoms with Crippen LogP contribution in [0.25, 0.3) is 0 Å². The van der Waals surface area contributed by atoms with E-state index in [1.807, 2.05) is 42.5 Å². The number of hydrogen-bond donors (Lipinski definition) is 1. The zero-order valence-electron chi connectivity index (χ0n) is 18.2. The number of anilines is 2. The lowest BCUT2D eigenvalue weighted by Crippen LogP contribution is -2.38. The molecule has 1 aliphatic rings. The predicted octanol–water partition coefficient (Wildman–Crippen LogP) is 5.57. The molecule has 8 heteroatoms. The van der Waals surface area contributed by atoms with Gasteiger partial charge < -0.3 is 19.7 Å². The number of hydrogen-bond acceptors (Lipinski definition) is 5. The summed E-state index contributed by atoms with van der Waals surface area (Å²) in [5, 5.41) is 3.20. The van der Waals surface area contributed by atoms with Crippen molar-refractivity contribution in [3.05, 3.63) is 77.3 Å². The van der Waals surface area contributed by atoms with E-state index in [4.69, 9.17) is 21.1 Å². The monoisotopic (exact) mass is 482 g/mol. The highest BCUT2D eigenvalue weighted by Gasteiger charge is 2.30. The SMILES string of the molecule is COc1ccc([C@@H]2CC(=O)N(CC(=O)Nc3cccc(Cl)c3)c3ccccc3S2)cc1OC. The van der Waals surface area contributed by atoms with Crippen molar-refractivity contribution in [1.82, 2.24) is 0 Å². The largest absolute Gasteiger partial charge is 0.493 e. The Hall–Kier alpha value is -3.16. The van der Waals surface area contributed by atoms with Gasteiger partial charge >= 0.3 is 0 Å². The summed E-state index contributed by atoms with van der Waals surface area (Å²) in [7, 11) is 3.17. The molecule has 0 saturated heterocycles. The number of thioether (sulfide) groups is 1. The van der Waals surface area contributed by atoms with Crippen molar-refractivity contribution in [2.45, 2.75) is 16.6 Å². The van der Waals surface area contributed by atoms with Crippen LogP contribution in [-0.2, 0) is 9.59 Å². The lowest BCUT2D eigenvalue weighted by Gasteiger charge is -2.22. The van der Waals surface area contributed by atoms with Crippen LogP contribution in [0.1, 0.15) is 17.2 Å². The molecule has 1 N–H and O–H groups in total. The second kappa shape index (κ2) is 10.2. The average molecular weight is 483 g/mol. The number of nitrogens with one attached hydrogen (secondary N) is 1. The third-order valence-electron chi connectivity index (χ3n) is 5.28. The molecule has 0 unspecified atom stereocenters. The van der Waals surface area contributed by atoms with Crippen molar-refractivity contribution < 1.29 is 19.1 Å². The number of ether oxygens (including phenoxy) is 2. The Morgan fingerprint density at radius 1 is 1.06 bits per heavy atom. The third-order valence-corrected chi connectivity index (χ3v) is 6.83. The number of para-hydroxylation sites is 1. The summed E-state index contributed by atoms with van der Waals surface area (Å²) in [6.45, 7) is -0.0957. The first-order chi connectivity index (χ1) is 16.0. The van der Waals surface area contributed by atoms with E-state index < -0.39 is 0 Å². The Balaban J connectivity index is 1.60. The third kappa shape index (κ3) is 5.26. The van der Waals surface area contributed by atoms with Gasteiger partial charge in [0.2, 0.25) is 11.8 Å². The van der Waals surface area contributed by atoms with Gasteiger partial charge in [-0.15, -0.1) is 11.8 Å². The summed E-state index contributed by atoms with van der Waals surface area (Å²) in [4.78, 5) is 28.6. The first kappa shape index (κ1) is 23.0. The molecule has 0 saturated carbocycles. The molecule has 33 heavy (non-hydrogen) atoms. The average Bonchev–Trinajstić information content (AvgIpc) is 2.95. The summed E-state index contributed by atoms with van der Waals surface area (Å²) >= 11 is 7.61. The van der Waals surface area contributed by atoms with E-state index in [1.54, 1.807) is 55.1 Å². The van der Waals surface area contributed by atoms with Gasteiger partial charge in [0.25, 0.3) is 0 Å². The number of fused-ring (bicyclic) bond motifs is 1. The van der Waals surface area contributed by atoms with Crippen molar-refractivity contribution in [3.63, 3.8) is 0 Å². The minimum absolute atomic E-state index is 0.0957. The first-order valence-electron chi connectivity index (χ1n) is 10.3. The van der Waals surface area contributed by atoms with Crippen molar-refractivity contribution in [2.24, 2.45) is 0 Å². The van der Waals surface area contributed by atoms with Crippen LogP contribution in [0, 0.1) is 0 Å². The summed E-state index contributed by atoms with van der Waals surface area (Å²) in [5.41, 5.74) is 2.25. The highest BCUT2D eigenvalue weighted by atomic mass is 35.5. The van der Waals surface area contributed by atoms with E-state index in [0.29, 0.717) is 22.2 Å². The topological polar surface area (TPSA) is 67.9 Å². The van der Waals surface area contributed by atoms with Gasteiger partial charge in [-0.3, -0.25) is 9.59 Å². The molecular formula is C25H23ClN2O4S. The zero-order valence-corrected chi connectivity index (χ0v) is 19.8. The number of carbonyl (C=O) groups is 2. The normalized spacial score (nSPS) is 15.4. The zero-order chi connectivity index (χ0) is 23.4. The van der Waals surface area contributed by atoms with E-state index in [9.17, 15) is 9.59 Å². The number of halogens is 1. The number of nitrogens with zero attached hydrogens (tertiary/aromatic N) is 1. The quantitative estimate of drug-likeness (QED) is 0.497. The van der Waals surface area contributed by atoms with Gasteiger partial charge in [0, 0.05) is 27.3 Å². The van der Waals surface area contributed by atoms with Crippen LogP contribution in [0.4, 0.5) is 11.4 Å². The fourth-order valence-electron chi connectivity index (χ4n) is 3.70. The molecule has 6 nitrogen and oxygen atoms in total. The van der Waals surface area contributed by atoms with Crippen LogP contribution in [-0.4, -0.2) is 32.6 Å². The molecule has 1 heterocycles. The van der Waals surface area contributed by atoms with Crippen LogP contribution in [0.3, 0.4) is 0 Å². The summed E-state index contributed by atoms with van der Waals surface area (Å²) in [6.07, 6.45) is 0.235. The predicted molar refractivity (Wildman–Crippen MR) is 132 cm³/mol. The molecule has 1 aliphatic heterocycles. The number of rotatable bonds is 6. The van der Waals surface area contributed by atoms with Crippen LogP contribution < -0.4 is 19.7 Å². The highest BCUT2D eigenvalue weighted by molar-refractivity contribution is 7.99. The van der Waals surface area contributed by atoms with E-state index in [-0.39, 0.29) is 30.0 Å². The van der Waals surface area contributed by atoms with Gasteiger partial charge in [0.15, 0.2) is 11.5 Å². The summed E-state index contributed by atoms with van der Waals surface area (Å²) in [6, 6.07) is 20.2. The van der Waals surface area contributed by atoms with Crippen molar-refractivity contribution in [1.29, 1.82) is 0 Å². The molecule has 0 aliphatic carbocycles. The highest BCUT2D eigenvalue weighted by Crippen LogP contribution is 2.46. The molecule has 2 amide bonds. The number of methoxy groups -OCH3 is 2. The fourth-order valence-corrected chi connectivity index (χ4v) is 5.16. The van der Waals surface area contributed by atoms with E-state index in [2.05, 4.69) is 5.32 Å². The van der Waals surface area contributed by atoms with Crippen molar-refractivity contribution in [3.8, 4) is 11.5 Å². The maximum absolute atomic E-state index is 13.3. The lowest BCUT2D eigenvalue weighted by atomic mass is 10.1. The van der Waals surface area contributed by atoms with Gasteiger partial charge in [-0.2, -0.15) is 0 Å². The van der Waals surface area contributed by atoms with Crippen LogP contribution in [0.2, 0.25) is 5.02 Å². The molecule has 0 radical (unpaired) electrons. The van der Waals surface area contributed by atoms with Crippen LogP contribution >= 0.6 is 23.4 Å². The molecular weight excluding hydrogens is 460 g/mol. The van der Waals surface area contributed by atoms with Crippen LogP contribution in [0.15, 0.2) is 71.6 Å². The number of amides is 2. The maximum Gasteiger partial charge on any atom is 0.244 e. The van der Waals surface area contributed by atoms with E-state index in [1.165, 1.54) is 0 Å². The van der Waals surface area contributed by atoms with Crippen molar-refractivity contribution in [2.75, 3.05) is 31.0 Å². The molecule has 170 valence electrons. The summed E-state index contributed by atoms with van der Waals surface area (Å²) < 4.78 is 10.8. The minimum Gasteiger partial charge on any atom is -0.493 e. The molecule has 0 bridgehead atoms. The molecule has 3 aromatic carbocycles. The number of carbonyl (C=O) groups excluding carboxylic acids is 2. The second-order valence-electron chi connectivity index (χ2n) is 7.43. The van der Waals surface area contributed by atoms with Crippen molar-refractivity contribution >= 4 is 46.6 Å². The Bertz CT molecular complexity index is 1190. The van der Waals surface area contributed by atoms with Gasteiger partial charge in [0.05, 0.1) is 19.9 Å². The van der Waals surface area contributed by atoms with E-state index in [0.717, 1.165) is 16.1 Å². The number of benzene rings is 3. The fraction of sp³-hybridized carbons (Fsp3) is 0.200. The summed E-state index contributed by atoms with van der Waals surface area (Å²) in [5.74, 6) is 0.813. The smallest absolute Gasteiger partial charge is 0.244 e.